The summed E-state index contributed by atoms with van der Waals surface area (Å²) in [5.41, 5.74) is 4.90. The van der Waals surface area contributed by atoms with Crippen molar-refractivity contribution in [3.63, 3.8) is 0 Å². The van der Waals surface area contributed by atoms with E-state index in [0.29, 0.717) is 12.4 Å². The summed E-state index contributed by atoms with van der Waals surface area (Å²) in [5.74, 6) is 0.997. The van der Waals surface area contributed by atoms with Gasteiger partial charge in [0, 0.05) is 26.1 Å². The van der Waals surface area contributed by atoms with E-state index >= 15 is 0 Å². The molecule has 1 atom stereocenters. The Morgan fingerprint density at radius 2 is 1.93 bits per heavy atom. The zero-order valence-corrected chi connectivity index (χ0v) is 17.4. The van der Waals surface area contributed by atoms with Gasteiger partial charge in [-0.1, -0.05) is 24.3 Å². The SMILES string of the molecule is Cc1ccccc1[C@@H]1CC(=O)c2c(C)nc(NCCCN3CCOCC3)nc2C1. The Kier molecular flexibility index (Phi) is 6.21. The molecule has 1 aromatic heterocycles. The van der Waals surface area contributed by atoms with Gasteiger partial charge in [0.25, 0.3) is 0 Å². The Morgan fingerprint density at radius 1 is 1.14 bits per heavy atom. The average Bonchev–Trinajstić information content (AvgIpc) is 2.72. The highest BCUT2D eigenvalue weighted by Crippen LogP contribution is 2.34. The minimum Gasteiger partial charge on any atom is -0.379 e. The molecule has 0 spiro atoms. The van der Waals surface area contributed by atoms with E-state index in [9.17, 15) is 4.79 Å². The third-order valence-corrected chi connectivity index (χ3v) is 5.98. The number of fused-ring (bicyclic) bond motifs is 1. The summed E-state index contributed by atoms with van der Waals surface area (Å²) in [6, 6.07) is 8.34. The van der Waals surface area contributed by atoms with Gasteiger partial charge in [0.1, 0.15) is 0 Å². The van der Waals surface area contributed by atoms with Crippen molar-refractivity contribution in [1.29, 1.82) is 0 Å². The maximum absolute atomic E-state index is 12.8. The molecule has 0 amide bonds. The number of aromatic nitrogens is 2. The van der Waals surface area contributed by atoms with Crippen molar-refractivity contribution in [3.8, 4) is 0 Å². The molecule has 1 fully saturated rings. The first-order chi connectivity index (χ1) is 14.1. The van der Waals surface area contributed by atoms with Gasteiger partial charge in [0.15, 0.2) is 5.78 Å². The van der Waals surface area contributed by atoms with E-state index in [2.05, 4.69) is 40.3 Å². The van der Waals surface area contributed by atoms with Crippen molar-refractivity contribution >= 4 is 11.7 Å². The van der Waals surface area contributed by atoms with Gasteiger partial charge >= 0.3 is 0 Å². The molecular formula is C23H30N4O2. The molecule has 154 valence electrons. The zero-order chi connectivity index (χ0) is 20.2. The lowest BCUT2D eigenvalue weighted by Crippen LogP contribution is -2.37. The van der Waals surface area contributed by atoms with Gasteiger partial charge in [0.2, 0.25) is 5.95 Å². The molecule has 4 rings (SSSR count). The summed E-state index contributed by atoms with van der Waals surface area (Å²) < 4.78 is 5.39. The quantitative estimate of drug-likeness (QED) is 0.760. The lowest BCUT2D eigenvalue weighted by atomic mass is 9.80. The molecule has 1 aliphatic carbocycles. The van der Waals surface area contributed by atoms with E-state index in [1.165, 1.54) is 11.1 Å². The predicted octanol–water partition coefficient (Wildman–Crippen LogP) is 3.14. The van der Waals surface area contributed by atoms with Gasteiger partial charge in [-0.2, -0.15) is 0 Å². The zero-order valence-electron chi connectivity index (χ0n) is 17.4. The van der Waals surface area contributed by atoms with Crippen LogP contribution in [0.1, 0.15) is 51.6 Å². The third-order valence-electron chi connectivity index (χ3n) is 5.98. The number of Topliss-reactive ketones (excluding diaryl/α,β-unsaturated/α-hetero) is 1. The van der Waals surface area contributed by atoms with Gasteiger partial charge in [0.05, 0.1) is 30.2 Å². The lowest BCUT2D eigenvalue weighted by Gasteiger charge is -2.27. The monoisotopic (exact) mass is 394 g/mol. The molecule has 2 heterocycles. The minimum absolute atomic E-state index is 0.163. The summed E-state index contributed by atoms with van der Waals surface area (Å²) in [6.07, 6.45) is 2.36. The number of ether oxygens (including phenoxy) is 1. The van der Waals surface area contributed by atoms with Gasteiger partial charge < -0.3 is 10.1 Å². The normalized spacial score (nSPS) is 19.8. The second-order valence-electron chi connectivity index (χ2n) is 8.07. The Labute approximate surface area is 172 Å². The topological polar surface area (TPSA) is 67.4 Å². The largest absolute Gasteiger partial charge is 0.379 e. The highest BCUT2D eigenvalue weighted by Gasteiger charge is 2.30. The molecule has 1 N–H and O–H groups in total. The van der Waals surface area contributed by atoms with E-state index < -0.39 is 0 Å². The second kappa shape index (κ2) is 9.01. The minimum atomic E-state index is 0.163. The van der Waals surface area contributed by atoms with Crippen LogP contribution in [-0.4, -0.2) is 60.0 Å². The van der Waals surface area contributed by atoms with Crippen molar-refractivity contribution in [2.45, 2.75) is 39.0 Å². The van der Waals surface area contributed by atoms with Crippen LogP contribution in [0.3, 0.4) is 0 Å². The van der Waals surface area contributed by atoms with Crippen LogP contribution in [0.5, 0.6) is 0 Å². The lowest BCUT2D eigenvalue weighted by molar-refractivity contribution is 0.0378. The highest BCUT2D eigenvalue weighted by atomic mass is 16.5. The van der Waals surface area contributed by atoms with E-state index in [1.807, 2.05) is 13.0 Å². The Hall–Kier alpha value is -2.31. The number of nitrogens with one attached hydrogen (secondary N) is 1. The van der Waals surface area contributed by atoms with E-state index in [1.54, 1.807) is 0 Å². The van der Waals surface area contributed by atoms with Crippen molar-refractivity contribution < 1.29 is 9.53 Å². The number of hydrogen-bond acceptors (Lipinski definition) is 6. The molecule has 0 saturated carbocycles. The fourth-order valence-electron chi connectivity index (χ4n) is 4.45. The predicted molar refractivity (Wildman–Crippen MR) is 114 cm³/mol. The van der Waals surface area contributed by atoms with Crippen molar-refractivity contribution in [3.05, 3.63) is 52.3 Å². The van der Waals surface area contributed by atoms with E-state index in [0.717, 1.165) is 69.2 Å². The Balaban J connectivity index is 1.43. The number of carbonyl (C=O) groups excluding carboxylic acids is 1. The fraction of sp³-hybridized carbons (Fsp3) is 0.522. The summed E-state index contributed by atoms with van der Waals surface area (Å²) in [5, 5.41) is 3.36. The molecule has 1 aliphatic heterocycles. The van der Waals surface area contributed by atoms with Crippen LogP contribution in [0.15, 0.2) is 24.3 Å². The van der Waals surface area contributed by atoms with Crippen molar-refractivity contribution in [1.82, 2.24) is 14.9 Å². The molecule has 29 heavy (non-hydrogen) atoms. The standard InChI is InChI=1S/C23H30N4O2/c1-16-6-3-4-7-19(16)18-14-20-22(21(28)15-18)17(2)25-23(26-20)24-8-5-9-27-10-12-29-13-11-27/h3-4,6-7,18H,5,8-15H2,1-2H3,(H,24,25,26)/t18-/m0/s1. The van der Waals surface area contributed by atoms with Gasteiger partial charge in [-0.3, -0.25) is 9.69 Å². The van der Waals surface area contributed by atoms with Crippen molar-refractivity contribution in [2.24, 2.45) is 0 Å². The molecule has 6 nitrogen and oxygen atoms in total. The summed E-state index contributed by atoms with van der Waals surface area (Å²) in [4.78, 5) is 24.6. The number of carbonyl (C=O) groups is 1. The Bertz CT molecular complexity index is 877. The first kappa shape index (κ1) is 20.0. The first-order valence-electron chi connectivity index (χ1n) is 10.6. The van der Waals surface area contributed by atoms with Gasteiger partial charge in [-0.05, 0) is 50.3 Å². The van der Waals surface area contributed by atoms with Crippen LogP contribution in [0.2, 0.25) is 0 Å². The number of hydrogen-bond donors (Lipinski definition) is 1. The highest BCUT2D eigenvalue weighted by molar-refractivity contribution is 5.99. The number of ketones is 1. The second-order valence-corrected chi connectivity index (χ2v) is 8.07. The Morgan fingerprint density at radius 3 is 2.72 bits per heavy atom. The van der Waals surface area contributed by atoms with Gasteiger partial charge in [-0.15, -0.1) is 0 Å². The maximum Gasteiger partial charge on any atom is 0.223 e. The van der Waals surface area contributed by atoms with Gasteiger partial charge in [-0.25, -0.2) is 9.97 Å². The molecule has 0 unspecified atom stereocenters. The number of aryl methyl sites for hydroxylation is 2. The van der Waals surface area contributed by atoms with Crippen LogP contribution in [0.4, 0.5) is 5.95 Å². The maximum atomic E-state index is 12.8. The smallest absolute Gasteiger partial charge is 0.223 e. The molecule has 1 aromatic carbocycles. The summed E-state index contributed by atoms with van der Waals surface area (Å²) in [6.45, 7) is 9.59. The van der Waals surface area contributed by atoms with Crippen LogP contribution >= 0.6 is 0 Å². The summed E-state index contributed by atoms with van der Waals surface area (Å²) >= 11 is 0. The molecule has 2 aliphatic rings. The number of rotatable bonds is 6. The molecule has 0 radical (unpaired) electrons. The van der Waals surface area contributed by atoms with Crippen molar-refractivity contribution in [2.75, 3.05) is 44.7 Å². The molecule has 6 heteroatoms. The number of nitrogens with zero attached hydrogens (tertiary/aromatic N) is 3. The molecule has 1 saturated heterocycles. The number of benzene rings is 1. The van der Waals surface area contributed by atoms with Crippen LogP contribution < -0.4 is 5.32 Å². The van der Waals surface area contributed by atoms with E-state index in [-0.39, 0.29) is 11.7 Å². The molecule has 0 bridgehead atoms. The number of anilines is 1. The first-order valence-corrected chi connectivity index (χ1v) is 10.6. The average molecular weight is 395 g/mol. The van der Waals surface area contributed by atoms with Crippen LogP contribution in [0.25, 0.3) is 0 Å². The number of morpholine rings is 1. The third kappa shape index (κ3) is 4.65. The van der Waals surface area contributed by atoms with Crippen LogP contribution in [0, 0.1) is 13.8 Å². The van der Waals surface area contributed by atoms with Crippen LogP contribution in [-0.2, 0) is 11.2 Å². The molecular weight excluding hydrogens is 364 g/mol. The summed E-state index contributed by atoms with van der Waals surface area (Å²) in [7, 11) is 0. The fourth-order valence-corrected chi connectivity index (χ4v) is 4.45. The molecule has 2 aromatic rings. The van der Waals surface area contributed by atoms with E-state index in [4.69, 9.17) is 9.72 Å².